The molecule has 0 saturated heterocycles. The van der Waals surface area contributed by atoms with Gasteiger partial charge in [0.05, 0.1) is 37.2 Å². The van der Waals surface area contributed by atoms with Gasteiger partial charge in [0, 0.05) is 18.0 Å². The largest absolute Gasteiger partial charge is 0.370 e. The van der Waals surface area contributed by atoms with E-state index in [0.29, 0.717) is 29.9 Å². The van der Waals surface area contributed by atoms with E-state index >= 15 is 0 Å². The second-order valence-electron chi connectivity index (χ2n) is 6.87. The number of nitrogens with one attached hydrogen (secondary N) is 1. The molecule has 0 fully saturated rings. The predicted molar refractivity (Wildman–Crippen MR) is 101 cm³/mol. The van der Waals surface area contributed by atoms with Gasteiger partial charge in [-0.25, -0.2) is 18.3 Å². The van der Waals surface area contributed by atoms with Crippen molar-refractivity contribution in [2.45, 2.75) is 38.9 Å². The number of hydrogen-bond donors (Lipinski definition) is 1. The zero-order chi connectivity index (χ0) is 20.5. The summed E-state index contributed by atoms with van der Waals surface area (Å²) in [6, 6.07) is 6.33. The van der Waals surface area contributed by atoms with E-state index in [9.17, 15) is 13.6 Å². The minimum atomic E-state index is -2.56. The molecule has 1 aliphatic heterocycles. The van der Waals surface area contributed by atoms with Gasteiger partial charge in [0.1, 0.15) is 5.69 Å². The molecular formula is C19H17F2N7O. The van der Waals surface area contributed by atoms with E-state index in [1.54, 1.807) is 22.9 Å². The van der Waals surface area contributed by atoms with Crippen LogP contribution in [0.1, 0.15) is 35.9 Å². The van der Waals surface area contributed by atoms with Crippen molar-refractivity contribution < 1.29 is 8.78 Å². The molecule has 1 N–H and O–H groups in total. The average molecular weight is 397 g/mol. The lowest BCUT2D eigenvalue weighted by molar-refractivity contribution is 0.150. The monoisotopic (exact) mass is 397 g/mol. The van der Waals surface area contributed by atoms with Crippen LogP contribution in [0, 0.1) is 6.57 Å². The molecule has 8 nitrogen and oxygen atoms in total. The molecule has 4 rings (SSSR count). The predicted octanol–water partition coefficient (Wildman–Crippen LogP) is 2.85. The molecule has 10 heteroatoms. The first-order chi connectivity index (χ1) is 14.0. The van der Waals surface area contributed by atoms with Gasteiger partial charge in [-0.05, 0) is 12.5 Å². The quantitative estimate of drug-likeness (QED) is 0.685. The van der Waals surface area contributed by atoms with Gasteiger partial charge in [-0.1, -0.05) is 29.5 Å². The fraction of sp³-hybridized carbons (Fsp3) is 0.316. The van der Waals surface area contributed by atoms with Crippen molar-refractivity contribution in [1.29, 1.82) is 0 Å². The van der Waals surface area contributed by atoms with Gasteiger partial charge >= 0.3 is 0 Å². The number of aromatic amines is 1. The van der Waals surface area contributed by atoms with Crippen molar-refractivity contribution in [2.75, 3.05) is 4.90 Å². The van der Waals surface area contributed by atoms with E-state index in [1.807, 2.05) is 11.8 Å². The Labute approximate surface area is 164 Å². The third-order valence-electron chi connectivity index (χ3n) is 5.10. The molecule has 1 atom stereocenters. The standard InChI is InChI=1S/C19H17F2N7O/c1-11-7-15-14(10-27(11)16-8-23-25-19(29)17(16)22-2)24-26-28(15)9-12-5-3-4-6-13(12)18(20)21/h3-6,8,11,18H,7,9-10H2,1H3,(H,25,29)/t11-/m1/s1. The summed E-state index contributed by atoms with van der Waals surface area (Å²) in [6.07, 6.45) is -0.557. The van der Waals surface area contributed by atoms with Crippen molar-refractivity contribution in [2.24, 2.45) is 0 Å². The summed E-state index contributed by atoms with van der Waals surface area (Å²) < 4.78 is 28.2. The molecule has 1 aliphatic rings. The first-order valence-electron chi connectivity index (χ1n) is 8.98. The van der Waals surface area contributed by atoms with E-state index in [2.05, 4.69) is 25.4 Å². The second kappa shape index (κ2) is 7.43. The van der Waals surface area contributed by atoms with Crippen molar-refractivity contribution in [3.8, 4) is 0 Å². The number of hydrogen-bond acceptors (Lipinski definition) is 5. The molecule has 0 aliphatic carbocycles. The normalized spacial score (nSPS) is 16.0. The van der Waals surface area contributed by atoms with Crippen LogP contribution >= 0.6 is 0 Å². The minimum absolute atomic E-state index is 0.0153. The molecule has 29 heavy (non-hydrogen) atoms. The molecule has 0 spiro atoms. The van der Waals surface area contributed by atoms with E-state index < -0.39 is 12.0 Å². The van der Waals surface area contributed by atoms with Crippen LogP contribution in [0.4, 0.5) is 20.2 Å². The summed E-state index contributed by atoms with van der Waals surface area (Å²) in [5.41, 5.74) is 1.92. The summed E-state index contributed by atoms with van der Waals surface area (Å²) in [4.78, 5) is 17.1. The van der Waals surface area contributed by atoms with Gasteiger partial charge in [-0.15, -0.1) is 5.10 Å². The van der Waals surface area contributed by atoms with E-state index in [1.165, 1.54) is 12.3 Å². The Morgan fingerprint density at radius 3 is 2.93 bits per heavy atom. The van der Waals surface area contributed by atoms with Crippen LogP contribution < -0.4 is 10.5 Å². The van der Waals surface area contributed by atoms with E-state index in [-0.39, 0.29) is 23.8 Å². The lowest BCUT2D eigenvalue weighted by Crippen LogP contribution is -2.39. The maximum Gasteiger partial charge on any atom is 0.275 e. The SMILES string of the molecule is [C-]#[N+]c1c(N2Cc3nnn(Cc4ccccc4C(F)F)c3C[C@H]2C)cn[nH]c1=O. The highest BCUT2D eigenvalue weighted by Crippen LogP contribution is 2.32. The van der Waals surface area contributed by atoms with Crippen LogP contribution in [-0.4, -0.2) is 31.2 Å². The summed E-state index contributed by atoms with van der Waals surface area (Å²) in [6.45, 7) is 9.81. The Hall–Kier alpha value is -3.61. The van der Waals surface area contributed by atoms with Crippen LogP contribution in [-0.2, 0) is 19.5 Å². The molecule has 0 saturated carbocycles. The number of anilines is 1. The second-order valence-corrected chi connectivity index (χ2v) is 6.87. The van der Waals surface area contributed by atoms with Crippen LogP contribution in [0.2, 0.25) is 0 Å². The number of nitrogens with zero attached hydrogens (tertiary/aromatic N) is 6. The van der Waals surface area contributed by atoms with Gasteiger partial charge in [-0.3, -0.25) is 9.89 Å². The highest BCUT2D eigenvalue weighted by molar-refractivity contribution is 5.69. The molecule has 2 aromatic heterocycles. The first-order valence-corrected chi connectivity index (χ1v) is 8.98. The fourth-order valence-electron chi connectivity index (χ4n) is 3.62. The molecule has 3 aromatic rings. The maximum absolute atomic E-state index is 13.3. The number of alkyl halides is 2. The number of aromatic nitrogens is 5. The Morgan fingerprint density at radius 1 is 1.38 bits per heavy atom. The number of rotatable bonds is 4. The van der Waals surface area contributed by atoms with Crippen LogP contribution in [0.15, 0.2) is 35.3 Å². The minimum Gasteiger partial charge on any atom is -0.370 e. The van der Waals surface area contributed by atoms with E-state index in [4.69, 9.17) is 6.57 Å². The van der Waals surface area contributed by atoms with E-state index in [0.717, 1.165) is 5.69 Å². The molecule has 0 unspecified atom stereocenters. The highest BCUT2D eigenvalue weighted by Gasteiger charge is 2.30. The Bertz CT molecular complexity index is 1150. The number of fused-ring (bicyclic) bond motifs is 1. The van der Waals surface area contributed by atoms with Crippen LogP contribution in [0.25, 0.3) is 4.85 Å². The summed E-state index contributed by atoms with van der Waals surface area (Å²) in [5, 5.41) is 14.5. The van der Waals surface area contributed by atoms with Gasteiger partial charge in [-0.2, -0.15) is 5.10 Å². The van der Waals surface area contributed by atoms with Crippen molar-refractivity contribution in [1.82, 2.24) is 25.2 Å². The smallest absolute Gasteiger partial charge is 0.275 e. The molecule has 148 valence electrons. The fourth-order valence-corrected chi connectivity index (χ4v) is 3.62. The van der Waals surface area contributed by atoms with Gasteiger partial charge in [0.15, 0.2) is 0 Å². The first kappa shape index (κ1) is 18.7. The third-order valence-corrected chi connectivity index (χ3v) is 5.10. The van der Waals surface area contributed by atoms with Gasteiger partial charge < -0.3 is 4.90 Å². The molecule has 1 aromatic carbocycles. The van der Waals surface area contributed by atoms with Gasteiger partial charge in [0.2, 0.25) is 0 Å². The number of benzene rings is 1. The number of H-pyrrole nitrogens is 1. The maximum atomic E-state index is 13.3. The summed E-state index contributed by atoms with van der Waals surface area (Å²) >= 11 is 0. The van der Waals surface area contributed by atoms with Crippen LogP contribution in [0.5, 0.6) is 0 Å². The van der Waals surface area contributed by atoms with Crippen LogP contribution in [0.3, 0.4) is 0 Å². The Balaban J connectivity index is 1.66. The lowest BCUT2D eigenvalue weighted by atomic mass is 10.0. The van der Waals surface area contributed by atoms with Crippen molar-refractivity contribution >= 4 is 11.4 Å². The average Bonchev–Trinajstić information content (AvgIpc) is 3.09. The molecule has 3 heterocycles. The molecule has 0 amide bonds. The Kier molecular flexibility index (Phi) is 4.80. The summed E-state index contributed by atoms with van der Waals surface area (Å²) in [7, 11) is 0. The molecular weight excluding hydrogens is 380 g/mol. The Morgan fingerprint density at radius 2 is 2.17 bits per heavy atom. The number of halogens is 2. The zero-order valence-electron chi connectivity index (χ0n) is 15.5. The van der Waals surface area contributed by atoms with Gasteiger partial charge in [0.25, 0.3) is 17.7 Å². The zero-order valence-corrected chi connectivity index (χ0v) is 15.5. The molecule has 0 bridgehead atoms. The topological polar surface area (TPSA) is 84.1 Å². The summed E-state index contributed by atoms with van der Waals surface area (Å²) in [5.74, 6) is 0. The third kappa shape index (κ3) is 3.35. The van der Waals surface area contributed by atoms with Crippen molar-refractivity contribution in [3.63, 3.8) is 0 Å². The molecule has 0 radical (unpaired) electrons. The van der Waals surface area contributed by atoms with Crippen molar-refractivity contribution in [3.05, 3.63) is 74.7 Å². The lowest BCUT2D eigenvalue weighted by Gasteiger charge is -2.35. The highest BCUT2D eigenvalue weighted by atomic mass is 19.3.